The zero-order valence-corrected chi connectivity index (χ0v) is 14.0. The largest absolute Gasteiger partial charge is 0.354 e. The average molecular weight is 348 g/mol. The molecule has 6 nitrogen and oxygen atoms in total. The van der Waals surface area contributed by atoms with Crippen LogP contribution in [0.5, 0.6) is 0 Å². The molecule has 0 unspecified atom stereocenters. The number of anilines is 1. The standard InChI is InChI=1S/C17H22F2N6/c18-17(19)25-6-5-21-16(25)9-20-8-12-10-24(11-12)15-7-13-3-1-2-4-14(13)22-23-15/h5-7,12,17,20H,1-4,8-11H2. The van der Waals surface area contributed by atoms with Crippen molar-refractivity contribution in [2.75, 3.05) is 24.5 Å². The average Bonchev–Trinajstić information content (AvgIpc) is 3.05. The number of nitrogens with one attached hydrogen (secondary N) is 1. The lowest BCUT2D eigenvalue weighted by atomic mass is 9.95. The number of rotatable bonds is 6. The van der Waals surface area contributed by atoms with Crippen molar-refractivity contribution in [1.82, 2.24) is 25.1 Å². The zero-order chi connectivity index (χ0) is 17.2. The molecule has 134 valence electrons. The van der Waals surface area contributed by atoms with Gasteiger partial charge in [-0.2, -0.15) is 13.9 Å². The van der Waals surface area contributed by atoms with Gasteiger partial charge in [0.1, 0.15) is 5.82 Å². The van der Waals surface area contributed by atoms with Crippen LogP contribution in [0.25, 0.3) is 0 Å². The highest BCUT2D eigenvalue weighted by Gasteiger charge is 2.28. The predicted octanol–water partition coefficient (Wildman–Crippen LogP) is 2.17. The maximum Gasteiger partial charge on any atom is 0.319 e. The van der Waals surface area contributed by atoms with Crippen molar-refractivity contribution < 1.29 is 8.78 Å². The second kappa shape index (κ2) is 7.03. The third kappa shape index (κ3) is 3.49. The molecule has 0 bridgehead atoms. The van der Waals surface area contributed by atoms with Crippen LogP contribution in [0.2, 0.25) is 0 Å². The second-order valence-electron chi connectivity index (χ2n) is 6.81. The molecule has 3 heterocycles. The van der Waals surface area contributed by atoms with Crippen molar-refractivity contribution in [3.05, 3.63) is 35.5 Å². The first-order chi connectivity index (χ1) is 12.2. The maximum atomic E-state index is 12.8. The van der Waals surface area contributed by atoms with E-state index in [0.717, 1.165) is 48.6 Å². The molecule has 4 rings (SSSR count). The lowest BCUT2D eigenvalue weighted by molar-refractivity contribution is 0.0665. The summed E-state index contributed by atoms with van der Waals surface area (Å²) in [5.41, 5.74) is 2.50. The van der Waals surface area contributed by atoms with E-state index in [1.54, 1.807) is 0 Å². The van der Waals surface area contributed by atoms with Crippen LogP contribution in [0.3, 0.4) is 0 Å². The minimum atomic E-state index is -2.54. The van der Waals surface area contributed by atoms with Crippen LogP contribution in [-0.2, 0) is 19.4 Å². The van der Waals surface area contributed by atoms with Crippen LogP contribution < -0.4 is 10.2 Å². The minimum Gasteiger partial charge on any atom is -0.354 e. The zero-order valence-electron chi connectivity index (χ0n) is 14.0. The first-order valence-electron chi connectivity index (χ1n) is 8.81. The molecule has 2 aliphatic rings. The molecule has 0 saturated carbocycles. The predicted molar refractivity (Wildman–Crippen MR) is 89.6 cm³/mol. The van der Waals surface area contributed by atoms with Crippen LogP contribution in [0.15, 0.2) is 18.5 Å². The Bertz CT molecular complexity index is 726. The minimum absolute atomic E-state index is 0.354. The third-order valence-corrected chi connectivity index (χ3v) is 5.01. The van der Waals surface area contributed by atoms with E-state index in [1.807, 2.05) is 0 Å². The number of imidazole rings is 1. The lowest BCUT2D eigenvalue weighted by Crippen LogP contribution is -2.51. The molecular formula is C17H22F2N6. The molecule has 1 N–H and O–H groups in total. The van der Waals surface area contributed by atoms with Gasteiger partial charge in [-0.3, -0.25) is 4.57 Å². The number of alkyl halides is 2. The molecule has 2 aromatic heterocycles. The van der Waals surface area contributed by atoms with E-state index in [-0.39, 0.29) is 0 Å². The van der Waals surface area contributed by atoms with E-state index in [9.17, 15) is 8.78 Å². The normalized spacial score (nSPS) is 17.6. The Morgan fingerprint density at radius 1 is 1.20 bits per heavy atom. The summed E-state index contributed by atoms with van der Waals surface area (Å²) >= 11 is 0. The number of hydrogen-bond donors (Lipinski definition) is 1. The molecule has 0 amide bonds. The van der Waals surface area contributed by atoms with Gasteiger partial charge >= 0.3 is 6.55 Å². The van der Waals surface area contributed by atoms with Gasteiger partial charge in [0.05, 0.1) is 12.2 Å². The SMILES string of the molecule is FC(F)n1ccnc1CNCC1CN(c2cc3c(nn2)CCCC3)C1. The molecule has 0 aromatic carbocycles. The highest BCUT2D eigenvalue weighted by molar-refractivity contribution is 5.44. The van der Waals surface area contributed by atoms with E-state index in [0.29, 0.717) is 18.3 Å². The third-order valence-electron chi connectivity index (χ3n) is 5.01. The summed E-state index contributed by atoms with van der Waals surface area (Å²) in [4.78, 5) is 6.20. The summed E-state index contributed by atoms with van der Waals surface area (Å²) in [5, 5.41) is 12.0. The number of fused-ring (bicyclic) bond motifs is 1. The molecule has 0 radical (unpaired) electrons. The monoisotopic (exact) mass is 348 g/mol. The van der Waals surface area contributed by atoms with Crippen LogP contribution >= 0.6 is 0 Å². The van der Waals surface area contributed by atoms with E-state index >= 15 is 0 Å². The van der Waals surface area contributed by atoms with Gasteiger partial charge in [-0.05, 0) is 37.3 Å². The van der Waals surface area contributed by atoms with Gasteiger partial charge in [-0.1, -0.05) is 0 Å². The Morgan fingerprint density at radius 3 is 2.88 bits per heavy atom. The van der Waals surface area contributed by atoms with Gasteiger partial charge in [0.15, 0.2) is 5.82 Å². The molecule has 2 aromatic rings. The van der Waals surface area contributed by atoms with Crippen molar-refractivity contribution in [2.45, 2.75) is 38.8 Å². The molecule has 0 spiro atoms. The molecule has 1 aliphatic heterocycles. The Labute approximate surface area is 145 Å². The Morgan fingerprint density at radius 2 is 2.04 bits per heavy atom. The summed E-state index contributed by atoms with van der Waals surface area (Å²) in [6.45, 7) is 0.436. The number of aryl methyl sites for hydroxylation is 2. The van der Waals surface area contributed by atoms with E-state index in [4.69, 9.17) is 0 Å². The van der Waals surface area contributed by atoms with Gasteiger partial charge in [0, 0.05) is 37.9 Å². The summed E-state index contributed by atoms with van der Waals surface area (Å²) < 4.78 is 26.4. The van der Waals surface area contributed by atoms with E-state index in [2.05, 4.69) is 31.5 Å². The van der Waals surface area contributed by atoms with Crippen molar-refractivity contribution in [1.29, 1.82) is 0 Å². The van der Waals surface area contributed by atoms with Gasteiger partial charge in [0.2, 0.25) is 0 Å². The number of nitrogens with zero attached hydrogens (tertiary/aromatic N) is 5. The van der Waals surface area contributed by atoms with Gasteiger partial charge in [-0.25, -0.2) is 4.98 Å². The first kappa shape index (κ1) is 16.4. The molecule has 1 aliphatic carbocycles. The Balaban J connectivity index is 1.25. The molecule has 1 fully saturated rings. The van der Waals surface area contributed by atoms with Crippen LogP contribution in [0.1, 0.15) is 36.5 Å². The quantitative estimate of drug-likeness (QED) is 0.867. The maximum absolute atomic E-state index is 12.8. The second-order valence-corrected chi connectivity index (χ2v) is 6.81. The van der Waals surface area contributed by atoms with Crippen molar-refractivity contribution in [3.63, 3.8) is 0 Å². The van der Waals surface area contributed by atoms with Crippen LogP contribution in [-0.4, -0.2) is 39.4 Å². The fraction of sp³-hybridized carbons (Fsp3) is 0.588. The highest BCUT2D eigenvalue weighted by atomic mass is 19.3. The van der Waals surface area contributed by atoms with Gasteiger partial charge in [0.25, 0.3) is 0 Å². The number of hydrogen-bond acceptors (Lipinski definition) is 5. The van der Waals surface area contributed by atoms with Crippen LogP contribution in [0, 0.1) is 5.92 Å². The van der Waals surface area contributed by atoms with Crippen molar-refractivity contribution in [2.24, 2.45) is 5.92 Å². The Hall–Kier alpha value is -2.09. The first-order valence-corrected chi connectivity index (χ1v) is 8.81. The number of halogens is 2. The smallest absolute Gasteiger partial charge is 0.319 e. The lowest BCUT2D eigenvalue weighted by Gasteiger charge is -2.40. The fourth-order valence-electron chi connectivity index (χ4n) is 3.57. The molecular weight excluding hydrogens is 326 g/mol. The summed E-state index contributed by atoms with van der Waals surface area (Å²) in [7, 11) is 0. The summed E-state index contributed by atoms with van der Waals surface area (Å²) in [6, 6.07) is 2.19. The fourth-order valence-corrected chi connectivity index (χ4v) is 3.57. The summed E-state index contributed by atoms with van der Waals surface area (Å²) in [5.74, 6) is 1.82. The molecule has 8 heteroatoms. The molecule has 1 saturated heterocycles. The molecule has 0 atom stereocenters. The van der Waals surface area contributed by atoms with E-state index < -0.39 is 6.55 Å². The summed E-state index contributed by atoms with van der Waals surface area (Å²) in [6.07, 6.45) is 7.31. The van der Waals surface area contributed by atoms with Gasteiger partial charge < -0.3 is 10.2 Å². The molecule has 25 heavy (non-hydrogen) atoms. The Kier molecular flexibility index (Phi) is 4.61. The number of aromatic nitrogens is 4. The highest BCUT2D eigenvalue weighted by Crippen LogP contribution is 2.26. The topological polar surface area (TPSA) is 58.9 Å². The van der Waals surface area contributed by atoms with Crippen LogP contribution in [0.4, 0.5) is 14.6 Å². The van der Waals surface area contributed by atoms with Crippen molar-refractivity contribution in [3.8, 4) is 0 Å². The van der Waals surface area contributed by atoms with Crippen molar-refractivity contribution >= 4 is 5.82 Å². The van der Waals surface area contributed by atoms with Gasteiger partial charge in [-0.15, -0.1) is 5.10 Å². The van der Waals surface area contributed by atoms with E-state index in [1.165, 1.54) is 30.8 Å².